The largest absolute Gasteiger partial charge is 0.490 e. The summed E-state index contributed by atoms with van der Waals surface area (Å²) in [4.78, 5) is 16.4. The van der Waals surface area contributed by atoms with E-state index in [0.29, 0.717) is 43.3 Å². The lowest BCUT2D eigenvalue weighted by Crippen LogP contribution is -2.36. The number of carbonyl (C=O) groups excluding carboxylic acids is 1. The molecule has 33 heavy (non-hydrogen) atoms. The van der Waals surface area contributed by atoms with Crippen LogP contribution in [0.2, 0.25) is 0 Å². The van der Waals surface area contributed by atoms with Gasteiger partial charge in [0.15, 0.2) is 17.5 Å². The van der Waals surface area contributed by atoms with Crippen LogP contribution in [0.1, 0.15) is 42.3 Å². The first-order valence-electron chi connectivity index (χ1n) is 10.6. The van der Waals surface area contributed by atoms with Gasteiger partial charge in [-0.05, 0) is 44.5 Å². The van der Waals surface area contributed by atoms with Crippen LogP contribution in [0.3, 0.4) is 0 Å². The van der Waals surface area contributed by atoms with Gasteiger partial charge in [-0.2, -0.15) is 8.78 Å². The van der Waals surface area contributed by atoms with Gasteiger partial charge in [0, 0.05) is 30.8 Å². The van der Waals surface area contributed by atoms with E-state index in [1.54, 1.807) is 37.3 Å². The van der Waals surface area contributed by atoms with E-state index < -0.39 is 6.61 Å². The topological polar surface area (TPSA) is 84.0 Å². The lowest BCUT2D eigenvalue weighted by Gasteiger charge is -2.17. The molecule has 0 fully saturated rings. The second kappa shape index (κ2) is 15.3. The Bertz CT molecular complexity index is 896. The van der Waals surface area contributed by atoms with E-state index in [-0.39, 0.29) is 47.9 Å². The summed E-state index contributed by atoms with van der Waals surface area (Å²) in [6, 6.07) is 12.2. The summed E-state index contributed by atoms with van der Waals surface area (Å²) < 4.78 is 35.9. The fraction of sp³-hybridized carbons (Fsp3) is 0.391. The summed E-state index contributed by atoms with van der Waals surface area (Å²) >= 11 is 0. The van der Waals surface area contributed by atoms with Crippen molar-refractivity contribution in [3.8, 4) is 11.5 Å². The molecule has 2 aromatic carbocycles. The van der Waals surface area contributed by atoms with Crippen molar-refractivity contribution in [1.82, 2.24) is 16.0 Å². The van der Waals surface area contributed by atoms with Crippen LogP contribution in [-0.2, 0) is 13.1 Å². The quantitative estimate of drug-likeness (QED) is 0.211. The summed E-state index contributed by atoms with van der Waals surface area (Å²) in [5, 5.41) is 9.01. The molecular formula is C23H31F2IN4O3. The number of amides is 1. The van der Waals surface area contributed by atoms with Crippen molar-refractivity contribution in [3.05, 3.63) is 59.2 Å². The predicted molar refractivity (Wildman–Crippen MR) is 136 cm³/mol. The van der Waals surface area contributed by atoms with Gasteiger partial charge in [-0.15, -0.1) is 24.0 Å². The number of rotatable bonds is 11. The number of nitrogens with zero attached hydrogens (tertiary/aromatic N) is 1. The zero-order chi connectivity index (χ0) is 23.3. The maximum absolute atomic E-state index is 12.9. The Morgan fingerprint density at radius 2 is 1.70 bits per heavy atom. The molecule has 3 N–H and O–H groups in total. The van der Waals surface area contributed by atoms with Crippen molar-refractivity contribution >= 4 is 35.8 Å². The first-order chi connectivity index (χ1) is 15.5. The molecule has 0 radical (unpaired) electrons. The molecule has 0 aliphatic carbocycles. The first-order valence-corrected chi connectivity index (χ1v) is 10.6. The predicted octanol–water partition coefficient (Wildman–Crippen LogP) is 4.31. The zero-order valence-corrected chi connectivity index (χ0v) is 21.3. The molecule has 10 heteroatoms. The molecule has 0 bridgehead atoms. The summed E-state index contributed by atoms with van der Waals surface area (Å²) in [6.45, 7) is 4.73. The van der Waals surface area contributed by atoms with E-state index in [9.17, 15) is 13.6 Å². The highest BCUT2D eigenvalue weighted by molar-refractivity contribution is 14.0. The molecule has 0 saturated carbocycles. The molecule has 0 saturated heterocycles. The number of ether oxygens (including phenoxy) is 2. The van der Waals surface area contributed by atoms with Crippen molar-refractivity contribution in [3.63, 3.8) is 0 Å². The van der Waals surface area contributed by atoms with Gasteiger partial charge >= 0.3 is 6.61 Å². The van der Waals surface area contributed by atoms with E-state index in [4.69, 9.17) is 9.47 Å². The van der Waals surface area contributed by atoms with Gasteiger partial charge < -0.3 is 25.4 Å². The van der Waals surface area contributed by atoms with Gasteiger partial charge in [0.1, 0.15) is 0 Å². The second-order valence-electron chi connectivity index (χ2n) is 6.66. The smallest absolute Gasteiger partial charge is 0.387 e. The maximum Gasteiger partial charge on any atom is 0.387 e. The number of halogens is 3. The van der Waals surface area contributed by atoms with Crippen LogP contribution in [0.25, 0.3) is 0 Å². The molecule has 7 nitrogen and oxygen atoms in total. The molecule has 0 aliphatic heterocycles. The van der Waals surface area contributed by atoms with Crippen molar-refractivity contribution in [1.29, 1.82) is 0 Å². The summed E-state index contributed by atoms with van der Waals surface area (Å²) in [7, 11) is 0. The maximum atomic E-state index is 12.9. The highest BCUT2D eigenvalue weighted by Gasteiger charge is 2.16. The minimum atomic E-state index is -2.96. The molecule has 0 aliphatic rings. The van der Waals surface area contributed by atoms with Gasteiger partial charge in [-0.1, -0.05) is 24.3 Å². The van der Waals surface area contributed by atoms with Crippen LogP contribution < -0.4 is 25.4 Å². The number of alkyl halides is 2. The van der Waals surface area contributed by atoms with E-state index in [1.807, 2.05) is 26.0 Å². The molecule has 0 unspecified atom stereocenters. The molecule has 182 valence electrons. The van der Waals surface area contributed by atoms with Gasteiger partial charge in [-0.3, -0.25) is 4.79 Å². The number of para-hydroxylation sites is 1. The highest BCUT2D eigenvalue weighted by Crippen LogP contribution is 2.32. The minimum Gasteiger partial charge on any atom is -0.490 e. The highest BCUT2D eigenvalue weighted by atomic mass is 127. The second-order valence-corrected chi connectivity index (χ2v) is 6.66. The standard InChI is InChI=1S/C23H30F2N4O3.HI/c1-4-26-21(30)17-12-10-16(11-13-17)14-28-23(27-5-2)29-15-18-8-7-9-19(31-6-3)20(18)32-22(24)25;/h7-13,22H,4-6,14-15H2,1-3H3,(H,26,30)(H2,27,28,29);1H. The van der Waals surface area contributed by atoms with Crippen LogP contribution in [-0.4, -0.2) is 38.2 Å². The van der Waals surface area contributed by atoms with Crippen LogP contribution in [0, 0.1) is 0 Å². The Morgan fingerprint density at radius 1 is 1.00 bits per heavy atom. The van der Waals surface area contributed by atoms with Gasteiger partial charge in [0.2, 0.25) is 0 Å². The molecule has 0 atom stereocenters. The summed E-state index contributed by atoms with van der Waals surface area (Å²) in [5.41, 5.74) is 2.04. The van der Waals surface area contributed by atoms with Crippen LogP contribution in [0.4, 0.5) is 8.78 Å². The number of hydrogen-bond acceptors (Lipinski definition) is 4. The summed E-state index contributed by atoms with van der Waals surface area (Å²) in [5.74, 6) is 0.675. The average molecular weight is 576 g/mol. The van der Waals surface area contributed by atoms with E-state index >= 15 is 0 Å². The van der Waals surface area contributed by atoms with Crippen molar-refractivity contribution in [2.45, 2.75) is 40.5 Å². The number of carbonyl (C=O) groups is 1. The third kappa shape index (κ3) is 9.40. The Balaban J connectivity index is 0.00000544. The Morgan fingerprint density at radius 3 is 2.30 bits per heavy atom. The molecular weight excluding hydrogens is 545 g/mol. The minimum absolute atomic E-state index is 0. The van der Waals surface area contributed by atoms with Crippen LogP contribution in [0.5, 0.6) is 11.5 Å². The fourth-order valence-electron chi connectivity index (χ4n) is 2.91. The number of aliphatic imine (C=N–C) groups is 1. The van der Waals surface area contributed by atoms with E-state index in [2.05, 4.69) is 20.9 Å². The lowest BCUT2D eigenvalue weighted by molar-refractivity contribution is -0.0520. The number of guanidine groups is 1. The summed E-state index contributed by atoms with van der Waals surface area (Å²) in [6.07, 6.45) is 0. The van der Waals surface area contributed by atoms with E-state index in [0.717, 1.165) is 5.56 Å². The van der Waals surface area contributed by atoms with Crippen molar-refractivity contribution in [2.75, 3.05) is 19.7 Å². The average Bonchev–Trinajstić information content (AvgIpc) is 2.77. The Kier molecular flexibility index (Phi) is 13.1. The van der Waals surface area contributed by atoms with Crippen molar-refractivity contribution in [2.24, 2.45) is 4.99 Å². The normalized spacial score (nSPS) is 10.9. The third-order valence-corrected chi connectivity index (χ3v) is 4.33. The molecule has 2 aromatic rings. The van der Waals surface area contributed by atoms with Gasteiger partial charge in [0.05, 0.1) is 13.2 Å². The third-order valence-electron chi connectivity index (χ3n) is 4.33. The van der Waals surface area contributed by atoms with Crippen LogP contribution in [0.15, 0.2) is 47.5 Å². The van der Waals surface area contributed by atoms with Crippen LogP contribution >= 0.6 is 24.0 Å². The molecule has 0 heterocycles. The van der Waals surface area contributed by atoms with Gasteiger partial charge in [0.25, 0.3) is 5.91 Å². The monoisotopic (exact) mass is 576 g/mol. The van der Waals surface area contributed by atoms with E-state index in [1.165, 1.54) is 0 Å². The number of nitrogens with one attached hydrogen (secondary N) is 3. The molecule has 0 aromatic heterocycles. The SMILES string of the molecule is CCNC(=O)c1ccc(CN=C(NCC)NCc2cccc(OCC)c2OC(F)F)cc1.I. The molecule has 2 rings (SSSR count). The zero-order valence-electron chi connectivity index (χ0n) is 19.0. The lowest BCUT2D eigenvalue weighted by atomic mass is 10.1. The number of hydrogen-bond donors (Lipinski definition) is 3. The Labute approximate surface area is 210 Å². The first kappa shape index (κ1) is 28.4. The van der Waals surface area contributed by atoms with Crippen molar-refractivity contribution < 1.29 is 23.0 Å². The molecule has 1 amide bonds. The fourth-order valence-corrected chi connectivity index (χ4v) is 2.91. The number of benzene rings is 2. The van der Waals surface area contributed by atoms with Gasteiger partial charge in [-0.25, -0.2) is 4.99 Å². The Hall–Kier alpha value is -2.63. The molecule has 0 spiro atoms.